The Morgan fingerprint density at radius 1 is 0.375 bits per heavy atom. The molecule has 0 N–H and O–H groups in total. The molecule has 0 amide bonds. The molecule has 11 rings (SSSR count). The fraction of sp³-hybridized carbons (Fsp3) is 0. The normalized spacial score (nSPS) is 11.6. The molecule has 262 valence electrons. The van der Waals surface area contributed by atoms with Crippen LogP contribution in [-0.4, -0.2) is 24.9 Å². The Bertz CT molecular complexity index is 3180. The molecule has 56 heavy (non-hydrogen) atoms. The zero-order chi connectivity index (χ0) is 37.0. The highest BCUT2D eigenvalue weighted by Crippen LogP contribution is 2.44. The molecule has 0 bridgehead atoms. The lowest BCUT2D eigenvalue weighted by molar-refractivity contribution is 0.667. The van der Waals surface area contributed by atoms with Gasteiger partial charge in [-0.05, 0) is 35.4 Å². The number of aromatic nitrogens is 5. The van der Waals surface area contributed by atoms with Crippen LogP contribution in [0.3, 0.4) is 0 Å². The van der Waals surface area contributed by atoms with Crippen molar-refractivity contribution >= 4 is 53.6 Å². The summed E-state index contributed by atoms with van der Waals surface area (Å²) < 4.78 is 8.70. The highest BCUT2D eigenvalue weighted by atomic mass is 32.1. The number of nitrogens with zero attached hydrogens (tertiary/aromatic N) is 5. The van der Waals surface area contributed by atoms with Gasteiger partial charge in [0, 0.05) is 53.4 Å². The molecule has 0 fully saturated rings. The lowest BCUT2D eigenvalue weighted by Gasteiger charge is -2.10. The van der Waals surface area contributed by atoms with Crippen LogP contribution in [0.2, 0.25) is 0 Å². The Morgan fingerprint density at radius 3 is 1.62 bits per heavy atom. The first-order valence-electron chi connectivity index (χ1n) is 18.4. The number of thiophene rings is 1. The van der Waals surface area contributed by atoms with Gasteiger partial charge in [0.25, 0.3) is 0 Å². The first kappa shape index (κ1) is 32.1. The maximum atomic E-state index is 6.49. The third kappa shape index (κ3) is 5.44. The number of furan rings is 1. The first-order chi connectivity index (χ1) is 27.7. The smallest absolute Gasteiger partial charge is 0.180 e. The first-order valence-corrected chi connectivity index (χ1v) is 19.2. The van der Waals surface area contributed by atoms with Crippen molar-refractivity contribution in [3.63, 3.8) is 0 Å². The van der Waals surface area contributed by atoms with E-state index in [0.717, 1.165) is 81.3 Å². The van der Waals surface area contributed by atoms with Crippen LogP contribution in [0.5, 0.6) is 0 Å². The molecule has 0 aliphatic carbocycles. The fourth-order valence-corrected chi connectivity index (χ4v) is 8.74. The summed E-state index contributed by atoms with van der Waals surface area (Å²) in [4.78, 5) is 25.7. The third-order valence-corrected chi connectivity index (χ3v) is 11.4. The van der Waals surface area contributed by atoms with Crippen molar-refractivity contribution in [3.05, 3.63) is 176 Å². The lowest BCUT2D eigenvalue weighted by atomic mass is 10.0. The standard InChI is InChI=1S/C49H29N5OS/c1-4-14-30(15-5-1)31-26-28-32(29-27-31)42-44-43(35-20-10-11-24-39(35)55-44)51-49(50-42)38-23-12-21-36-41-37(22-13-25-40(41)56-45(36)38)48-53-46(33-16-6-2-7-17-33)52-47(54-48)34-18-8-3-9-19-34/h1-29H. The summed E-state index contributed by atoms with van der Waals surface area (Å²) in [6.07, 6.45) is 0. The second kappa shape index (κ2) is 13.2. The van der Waals surface area contributed by atoms with E-state index in [4.69, 9.17) is 29.3 Å². The summed E-state index contributed by atoms with van der Waals surface area (Å²) in [5.41, 5.74) is 10.0. The topological polar surface area (TPSA) is 77.6 Å². The van der Waals surface area contributed by atoms with E-state index in [2.05, 4.69) is 91.0 Å². The summed E-state index contributed by atoms with van der Waals surface area (Å²) in [7, 11) is 0. The summed E-state index contributed by atoms with van der Waals surface area (Å²) in [6, 6.07) is 59.9. The molecular formula is C49H29N5OS. The van der Waals surface area contributed by atoms with E-state index in [1.807, 2.05) is 84.9 Å². The fourth-order valence-electron chi connectivity index (χ4n) is 7.50. The Labute approximate surface area is 325 Å². The van der Waals surface area contributed by atoms with Crippen molar-refractivity contribution in [2.45, 2.75) is 0 Å². The van der Waals surface area contributed by atoms with Crippen LogP contribution >= 0.6 is 11.3 Å². The molecule has 6 nitrogen and oxygen atoms in total. The number of para-hydroxylation sites is 1. The molecular weight excluding hydrogens is 707 g/mol. The largest absolute Gasteiger partial charge is 0.452 e. The van der Waals surface area contributed by atoms with Crippen molar-refractivity contribution < 1.29 is 4.42 Å². The summed E-state index contributed by atoms with van der Waals surface area (Å²) in [6.45, 7) is 0. The molecule has 0 radical (unpaired) electrons. The van der Waals surface area contributed by atoms with Crippen LogP contribution in [0.15, 0.2) is 180 Å². The predicted octanol–water partition coefficient (Wildman–Crippen LogP) is 12.9. The number of fused-ring (bicyclic) bond motifs is 6. The highest BCUT2D eigenvalue weighted by molar-refractivity contribution is 7.26. The second-order valence-electron chi connectivity index (χ2n) is 13.6. The molecule has 7 aromatic carbocycles. The minimum atomic E-state index is 0.622. The SMILES string of the molecule is c1ccc(-c2ccc(-c3nc(-c4cccc5c4sc4cccc(-c6nc(-c7ccccc7)nc(-c7ccccc7)n6)c45)nc4c3oc3ccccc34)cc2)cc1. The van der Waals surface area contributed by atoms with Crippen molar-refractivity contribution in [2.75, 3.05) is 0 Å². The van der Waals surface area contributed by atoms with Crippen LogP contribution in [0.25, 0.3) is 110 Å². The van der Waals surface area contributed by atoms with Gasteiger partial charge in [-0.25, -0.2) is 24.9 Å². The Kier molecular flexibility index (Phi) is 7.57. The average molecular weight is 736 g/mol. The molecule has 4 heterocycles. The van der Waals surface area contributed by atoms with Gasteiger partial charge in [-0.3, -0.25) is 0 Å². The van der Waals surface area contributed by atoms with Crippen LogP contribution in [0, 0.1) is 0 Å². The van der Waals surface area contributed by atoms with Crippen LogP contribution in [-0.2, 0) is 0 Å². The van der Waals surface area contributed by atoms with Crippen LogP contribution in [0.1, 0.15) is 0 Å². The van der Waals surface area contributed by atoms with Crippen molar-refractivity contribution in [3.8, 4) is 67.9 Å². The third-order valence-electron chi connectivity index (χ3n) is 10.2. The number of hydrogen-bond donors (Lipinski definition) is 0. The van der Waals surface area contributed by atoms with Gasteiger partial charge in [0.15, 0.2) is 28.9 Å². The number of hydrogen-bond acceptors (Lipinski definition) is 7. The van der Waals surface area contributed by atoms with Gasteiger partial charge >= 0.3 is 0 Å². The van der Waals surface area contributed by atoms with Gasteiger partial charge in [-0.2, -0.15) is 0 Å². The molecule has 11 aromatic rings. The highest BCUT2D eigenvalue weighted by Gasteiger charge is 2.22. The zero-order valence-corrected chi connectivity index (χ0v) is 30.6. The molecule has 0 saturated heterocycles. The monoisotopic (exact) mass is 735 g/mol. The maximum Gasteiger partial charge on any atom is 0.180 e. The lowest BCUT2D eigenvalue weighted by Crippen LogP contribution is -2.00. The molecule has 0 spiro atoms. The molecule has 4 aromatic heterocycles. The molecule has 0 unspecified atom stereocenters. The van der Waals surface area contributed by atoms with E-state index < -0.39 is 0 Å². The zero-order valence-electron chi connectivity index (χ0n) is 29.8. The minimum absolute atomic E-state index is 0.622. The van der Waals surface area contributed by atoms with Gasteiger partial charge in [0.05, 0.1) is 0 Å². The Morgan fingerprint density at radius 2 is 0.911 bits per heavy atom. The molecule has 7 heteroatoms. The van der Waals surface area contributed by atoms with E-state index in [9.17, 15) is 0 Å². The van der Waals surface area contributed by atoms with E-state index >= 15 is 0 Å². The maximum absolute atomic E-state index is 6.49. The second-order valence-corrected chi connectivity index (χ2v) is 14.7. The van der Waals surface area contributed by atoms with Crippen molar-refractivity contribution in [1.82, 2.24) is 24.9 Å². The average Bonchev–Trinajstić information content (AvgIpc) is 3.86. The Balaban J connectivity index is 1.11. The molecule has 0 aliphatic rings. The number of benzene rings is 7. The predicted molar refractivity (Wildman–Crippen MR) is 228 cm³/mol. The summed E-state index contributed by atoms with van der Waals surface area (Å²) >= 11 is 1.73. The van der Waals surface area contributed by atoms with Gasteiger partial charge in [0.1, 0.15) is 16.8 Å². The van der Waals surface area contributed by atoms with E-state index in [0.29, 0.717) is 28.9 Å². The summed E-state index contributed by atoms with van der Waals surface area (Å²) in [5.74, 6) is 2.52. The van der Waals surface area contributed by atoms with Gasteiger partial charge < -0.3 is 4.42 Å². The van der Waals surface area contributed by atoms with Crippen molar-refractivity contribution in [2.24, 2.45) is 0 Å². The molecule has 0 aliphatic heterocycles. The van der Waals surface area contributed by atoms with Gasteiger partial charge in [-0.15, -0.1) is 11.3 Å². The van der Waals surface area contributed by atoms with E-state index in [-0.39, 0.29) is 0 Å². The molecule has 0 atom stereocenters. The van der Waals surface area contributed by atoms with Gasteiger partial charge in [-0.1, -0.05) is 152 Å². The van der Waals surface area contributed by atoms with Crippen molar-refractivity contribution in [1.29, 1.82) is 0 Å². The minimum Gasteiger partial charge on any atom is -0.452 e. The van der Waals surface area contributed by atoms with E-state index in [1.54, 1.807) is 11.3 Å². The summed E-state index contributed by atoms with van der Waals surface area (Å²) in [5, 5.41) is 3.14. The quantitative estimate of drug-likeness (QED) is 0.169. The number of rotatable bonds is 6. The van der Waals surface area contributed by atoms with E-state index in [1.165, 1.54) is 0 Å². The Hall–Kier alpha value is -7.35. The van der Waals surface area contributed by atoms with Crippen LogP contribution in [0.4, 0.5) is 0 Å². The van der Waals surface area contributed by atoms with Gasteiger partial charge in [0.2, 0.25) is 0 Å². The molecule has 0 saturated carbocycles. The van der Waals surface area contributed by atoms with Crippen LogP contribution < -0.4 is 0 Å².